The molecule has 0 saturated carbocycles. The monoisotopic (exact) mass is 216 g/mol. The van der Waals surface area contributed by atoms with Crippen LogP contribution in [0, 0.1) is 5.41 Å². The molecule has 0 aromatic heterocycles. The van der Waals surface area contributed by atoms with Crippen LogP contribution < -0.4 is 5.32 Å². The summed E-state index contributed by atoms with van der Waals surface area (Å²) in [6.45, 7) is 5.75. The zero-order valence-corrected chi connectivity index (χ0v) is 9.81. The quantitative estimate of drug-likeness (QED) is 0.505. The Balaban J connectivity index is 3.16. The van der Waals surface area contributed by atoms with Crippen molar-refractivity contribution in [2.75, 3.05) is 12.8 Å². The van der Waals surface area contributed by atoms with Gasteiger partial charge in [-0.2, -0.15) is 12.6 Å². The van der Waals surface area contributed by atoms with E-state index in [1.54, 1.807) is 0 Å². The smallest absolute Gasteiger partial charge is 0.322 e. The van der Waals surface area contributed by atoms with Crippen LogP contribution >= 0.6 is 12.6 Å². The van der Waals surface area contributed by atoms with Gasteiger partial charge < -0.3 is 5.32 Å². The highest BCUT2D eigenvalue weighted by Crippen LogP contribution is 2.36. The maximum Gasteiger partial charge on any atom is 0.324 e. The minimum atomic E-state index is -0.873. The highest BCUT2D eigenvalue weighted by atomic mass is 32.1. The zero-order valence-electron chi connectivity index (χ0n) is 8.92. The van der Waals surface area contributed by atoms with E-state index in [1.807, 2.05) is 20.8 Å². The molecule has 0 aromatic rings. The van der Waals surface area contributed by atoms with Gasteiger partial charge in [-0.3, -0.25) is 9.69 Å². The van der Waals surface area contributed by atoms with Crippen molar-refractivity contribution in [3.05, 3.63) is 0 Å². The maximum atomic E-state index is 11.9. The average molecular weight is 216 g/mol. The van der Waals surface area contributed by atoms with Crippen molar-refractivity contribution in [1.29, 1.82) is 0 Å². The van der Waals surface area contributed by atoms with Gasteiger partial charge in [0.1, 0.15) is 5.54 Å². The molecule has 1 atom stereocenters. The van der Waals surface area contributed by atoms with E-state index in [1.165, 1.54) is 7.05 Å². The number of hydrogen-bond donors (Lipinski definition) is 2. The molecule has 0 radical (unpaired) electrons. The Morgan fingerprint density at radius 1 is 1.43 bits per heavy atom. The van der Waals surface area contributed by atoms with Gasteiger partial charge in [0, 0.05) is 12.8 Å². The zero-order chi connectivity index (χ0) is 11.1. The first-order valence-corrected chi connectivity index (χ1v) is 5.10. The van der Waals surface area contributed by atoms with Crippen LogP contribution in [0.4, 0.5) is 4.79 Å². The van der Waals surface area contributed by atoms with Gasteiger partial charge in [0.2, 0.25) is 0 Å². The summed E-state index contributed by atoms with van der Waals surface area (Å²) in [6, 6.07) is -0.348. The molecule has 0 spiro atoms. The largest absolute Gasteiger partial charge is 0.324 e. The number of carbonyl (C=O) groups is 2. The summed E-state index contributed by atoms with van der Waals surface area (Å²) < 4.78 is 0. The Morgan fingerprint density at radius 2 is 1.93 bits per heavy atom. The molecule has 4 nitrogen and oxygen atoms in total. The van der Waals surface area contributed by atoms with Gasteiger partial charge in [-0.1, -0.05) is 20.8 Å². The average Bonchev–Trinajstić information content (AvgIpc) is 2.29. The van der Waals surface area contributed by atoms with E-state index in [0.717, 1.165) is 4.90 Å². The summed E-state index contributed by atoms with van der Waals surface area (Å²) in [4.78, 5) is 24.4. The Bertz CT molecular complexity index is 285. The number of nitrogens with one attached hydrogen (secondary N) is 1. The maximum absolute atomic E-state index is 11.9. The fourth-order valence-electron chi connectivity index (χ4n) is 1.55. The lowest BCUT2D eigenvalue weighted by Gasteiger charge is -2.37. The van der Waals surface area contributed by atoms with Crippen LogP contribution in [0.25, 0.3) is 0 Å². The van der Waals surface area contributed by atoms with Crippen LogP contribution in [0.15, 0.2) is 0 Å². The minimum absolute atomic E-state index is 0.204. The third kappa shape index (κ3) is 1.30. The van der Waals surface area contributed by atoms with Gasteiger partial charge in [-0.05, 0) is 5.41 Å². The molecule has 5 heteroatoms. The molecule has 80 valence electrons. The first-order valence-electron chi connectivity index (χ1n) is 4.47. The summed E-state index contributed by atoms with van der Waals surface area (Å²) in [6.07, 6.45) is 0. The molecule has 1 rings (SSSR count). The normalized spacial score (nSPS) is 28.2. The van der Waals surface area contributed by atoms with Crippen molar-refractivity contribution in [2.45, 2.75) is 26.3 Å². The predicted octanol–water partition coefficient (Wildman–Crippen LogP) is 0.883. The van der Waals surface area contributed by atoms with Crippen LogP contribution in [0.1, 0.15) is 20.8 Å². The van der Waals surface area contributed by atoms with Crippen molar-refractivity contribution in [3.8, 4) is 0 Å². The molecule has 1 aliphatic heterocycles. The van der Waals surface area contributed by atoms with Crippen LogP contribution in [0.3, 0.4) is 0 Å². The Morgan fingerprint density at radius 3 is 2.07 bits per heavy atom. The lowest BCUT2D eigenvalue weighted by atomic mass is 9.74. The van der Waals surface area contributed by atoms with E-state index in [0.29, 0.717) is 5.75 Å². The number of urea groups is 1. The molecule has 3 amide bonds. The van der Waals surface area contributed by atoms with Crippen molar-refractivity contribution in [3.63, 3.8) is 0 Å². The molecule has 0 aromatic carbocycles. The van der Waals surface area contributed by atoms with Crippen molar-refractivity contribution in [2.24, 2.45) is 5.41 Å². The third-order valence-corrected chi connectivity index (χ3v) is 3.29. The highest BCUT2D eigenvalue weighted by molar-refractivity contribution is 7.80. The van der Waals surface area contributed by atoms with Gasteiger partial charge in [0.15, 0.2) is 0 Å². The summed E-state index contributed by atoms with van der Waals surface area (Å²) in [5, 5.41) is 2.72. The molecule has 1 unspecified atom stereocenters. The number of amides is 3. The number of imide groups is 1. The topological polar surface area (TPSA) is 49.4 Å². The predicted molar refractivity (Wildman–Crippen MR) is 57.3 cm³/mol. The summed E-state index contributed by atoms with van der Waals surface area (Å²) in [5.74, 6) is 0.107. The van der Waals surface area contributed by atoms with Gasteiger partial charge in [-0.25, -0.2) is 4.79 Å². The Kier molecular flexibility index (Phi) is 2.56. The van der Waals surface area contributed by atoms with Crippen molar-refractivity contribution in [1.82, 2.24) is 10.2 Å². The molecular formula is C9H16N2O2S. The first-order chi connectivity index (χ1) is 6.26. The van der Waals surface area contributed by atoms with E-state index in [2.05, 4.69) is 17.9 Å². The van der Waals surface area contributed by atoms with Crippen molar-refractivity contribution < 1.29 is 9.59 Å². The molecule has 1 aliphatic rings. The third-order valence-electron chi connectivity index (χ3n) is 2.81. The highest BCUT2D eigenvalue weighted by Gasteiger charge is 2.55. The lowest BCUT2D eigenvalue weighted by molar-refractivity contribution is -0.133. The fraction of sp³-hybridized carbons (Fsp3) is 0.778. The number of carbonyl (C=O) groups excluding carboxylic acids is 2. The van der Waals surface area contributed by atoms with Crippen LogP contribution in [0.2, 0.25) is 0 Å². The molecule has 1 fully saturated rings. The molecule has 14 heavy (non-hydrogen) atoms. The second-order valence-corrected chi connectivity index (χ2v) is 4.92. The molecule has 1 saturated heterocycles. The molecular weight excluding hydrogens is 200 g/mol. The summed E-state index contributed by atoms with van der Waals surface area (Å²) in [7, 11) is 1.48. The second-order valence-electron chi connectivity index (χ2n) is 4.61. The standard InChI is InChI=1S/C9H16N2O2S/c1-8(2,3)9(5-14)6(12)11(4)7(13)10-9/h14H,5H2,1-4H3,(H,10,13). The fourth-order valence-corrected chi connectivity index (χ4v) is 2.24. The number of thiol groups is 1. The Hall–Kier alpha value is -0.710. The number of likely N-dealkylation sites (N-methyl/N-ethyl adjacent to an activating group) is 1. The van der Waals surface area contributed by atoms with Gasteiger partial charge in [0.05, 0.1) is 0 Å². The Labute approximate surface area is 89.4 Å². The molecule has 1 N–H and O–H groups in total. The van der Waals surface area contributed by atoms with Crippen LogP contribution in [-0.2, 0) is 4.79 Å². The van der Waals surface area contributed by atoms with E-state index in [-0.39, 0.29) is 17.4 Å². The van der Waals surface area contributed by atoms with Crippen LogP contribution in [-0.4, -0.2) is 35.2 Å². The van der Waals surface area contributed by atoms with E-state index in [4.69, 9.17) is 0 Å². The van der Waals surface area contributed by atoms with Gasteiger partial charge in [-0.15, -0.1) is 0 Å². The minimum Gasteiger partial charge on any atom is -0.322 e. The van der Waals surface area contributed by atoms with Gasteiger partial charge >= 0.3 is 6.03 Å². The van der Waals surface area contributed by atoms with Gasteiger partial charge in [0.25, 0.3) is 5.91 Å². The van der Waals surface area contributed by atoms with E-state index >= 15 is 0 Å². The lowest BCUT2D eigenvalue weighted by Crippen LogP contribution is -2.58. The SMILES string of the molecule is CN1C(=O)NC(CS)(C(C)(C)C)C1=O. The summed E-state index contributed by atoms with van der Waals surface area (Å²) >= 11 is 4.17. The van der Waals surface area contributed by atoms with Crippen LogP contribution in [0.5, 0.6) is 0 Å². The van der Waals surface area contributed by atoms with E-state index < -0.39 is 5.54 Å². The molecule has 0 bridgehead atoms. The molecule has 1 heterocycles. The second kappa shape index (κ2) is 3.15. The molecule has 0 aliphatic carbocycles. The number of rotatable bonds is 1. The van der Waals surface area contributed by atoms with Crippen molar-refractivity contribution >= 4 is 24.6 Å². The first kappa shape index (κ1) is 11.4. The number of nitrogens with zero attached hydrogens (tertiary/aromatic N) is 1. The van der Waals surface area contributed by atoms with E-state index in [9.17, 15) is 9.59 Å². The summed E-state index contributed by atoms with van der Waals surface area (Å²) in [5.41, 5.74) is -1.21. The number of hydrogen-bond acceptors (Lipinski definition) is 3.